The molecule has 0 radical (unpaired) electrons. The van der Waals surface area contributed by atoms with Gasteiger partial charge < -0.3 is 4.98 Å². The fourth-order valence-electron chi connectivity index (χ4n) is 3.21. The monoisotopic (exact) mass is 346 g/mol. The van der Waals surface area contributed by atoms with Crippen LogP contribution in [0.5, 0.6) is 0 Å². The average molecular weight is 346 g/mol. The molecule has 0 fully saturated rings. The van der Waals surface area contributed by atoms with E-state index in [9.17, 15) is 4.79 Å². The molecule has 0 bridgehead atoms. The molecular formula is C21H18N2OS. The summed E-state index contributed by atoms with van der Waals surface area (Å²) < 4.78 is 0. The second-order valence-corrected chi connectivity index (χ2v) is 7.37. The number of hydrogen-bond donors (Lipinski definition) is 1. The van der Waals surface area contributed by atoms with Crippen molar-refractivity contribution in [3.63, 3.8) is 0 Å². The average Bonchev–Trinajstić information content (AvgIpc) is 2.92. The van der Waals surface area contributed by atoms with Crippen molar-refractivity contribution >= 4 is 21.6 Å². The molecule has 2 heterocycles. The molecule has 0 saturated heterocycles. The van der Waals surface area contributed by atoms with Crippen molar-refractivity contribution in [2.45, 2.75) is 19.8 Å². The molecule has 124 valence electrons. The van der Waals surface area contributed by atoms with Crippen LogP contribution in [0.4, 0.5) is 0 Å². The lowest BCUT2D eigenvalue weighted by atomic mass is 9.90. The van der Waals surface area contributed by atoms with Gasteiger partial charge in [0.05, 0.1) is 11.3 Å². The number of rotatable bonds is 3. The summed E-state index contributed by atoms with van der Waals surface area (Å²) >= 11 is 1.58. The third kappa shape index (κ3) is 2.79. The van der Waals surface area contributed by atoms with Crippen molar-refractivity contribution in [1.82, 2.24) is 9.97 Å². The third-order valence-corrected chi connectivity index (χ3v) is 5.70. The van der Waals surface area contributed by atoms with Gasteiger partial charge in [0.2, 0.25) is 0 Å². The second-order valence-electron chi connectivity index (χ2n) is 6.17. The zero-order valence-corrected chi connectivity index (χ0v) is 14.9. The number of aromatic amines is 1. The van der Waals surface area contributed by atoms with Crippen LogP contribution in [0, 0.1) is 13.8 Å². The Kier molecular flexibility index (Phi) is 3.98. The van der Waals surface area contributed by atoms with E-state index in [2.05, 4.69) is 29.2 Å². The van der Waals surface area contributed by atoms with Crippen LogP contribution in [-0.2, 0) is 0 Å². The first kappa shape index (κ1) is 15.8. The molecule has 25 heavy (non-hydrogen) atoms. The van der Waals surface area contributed by atoms with Crippen molar-refractivity contribution in [2.24, 2.45) is 0 Å². The molecule has 4 rings (SSSR count). The summed E-state index contributed by atoms with van der Waals surface area (Å²) in [5.41, 5.74) is 3.19. The smallest absolute Gasteiger partial charge is 0.259 e. The highest BCUT2D eigenvalue weighted by atomic mass is 32.1. The first-order valence-corrected chi connectivity index (χ1v) is 9.06. The number of H-pyrrole nitrogens is 1. The first-order valence-electron chi connectivity index (χ1n) is 8.25. The van der Waals surface area contributed by atoms with Gasteiger partial charge in [0, 0.05) is 4.88 Å². The molecule has 4 aromatic rings. The number of aryl methyl sites for hydroxylation is 2. The summed E-state index contributed by atoms with van der Waals surface area (Å²) in [6.45, 7) is 4.02. The van der Waals surface area contributed by atoms with Crippen LogP contribution in [0.25, 0.3) is 10.2 Å². The Bertz CT molecular complexity index is 1040. The Labute approximate surface area is 150 Å². The van der Waals surface area contributed by atoms with Gasteiger partial charge in [-0.15, -0.1) is 11.3 Å². The van der Waals surface area contributed by atoms with E-state index in [0.717, 1.165) is 26.4 Å². The van der Waals surface area contributed by atoms with Gasteiger partial charge in [-0.05, 0) is 30.5 Å². The van der Waals surface area contributed by atoms with Crippen LogP contribution < -0.4 is 5.56 Å². The molecule has 0 spiro atoms. The van der Waals surface area contributed by atoms with Gasteiger partial charge >= 0.3 is 0 Å². The lowest BCUT2D eigenvalue weighted by molar-refractivity contribution is 0.859. The van der Waals surface area contributed by atoms with Crippen LogP contribution in [0.15, 0.2) is 65.5 Å². The van der Waals surface area contributed by atoms with Crippen molar-refractivity contribution in [2.75, 3.05) is 0 Å². The topological polar surface area (TPSA) is 45.8 Å². The highest BCUT2D eigenvalue weighted by Gasteiger charge is 2.21. The van der Waals surface area contributed by atoms with Gasteiger partial charge in [-0.25, -0.2) is 4.98 Å². The van der Waals surface area contributed by atoms with Gasteiger partial charge in [-0.1, -0.05) is 60.7 Å². The maximum atomic E-state index is 12.7. The summed E-state index contributed by atoms with van der Waals surface area (Å²) in [6, 6.07) is 20.4. The molecule has 0 aliphatic rings. The van der Waals surface area contributed by atoms with E-state index in [0.29, 0.717) is 11.2 Å². The van der Waals surface area contributed by atoms with Crippen molar-refractivity contribution in [3.8, 4) is 0 Å². The van der Waals surface area contributed by atoms with E-state index in [1.165, 1.54) is 0 Å². The maximum Gasteiger partial charge on any atom is 0.259 e. The Balaban J connectivity index is 1.97. The standard InChI is InChI=1S/C21H18N2OS/c1-13-14(2)25-21-17(13)20(24)22-19(23-21)18(15-9-5-3-6-10-15)16-11-7-4-8-12-16/h3-12,18H,1-2H3,(H,22,23,24). The van der Waals surface area contributed by atoms with Gasteiger partial charge in [-0.3, -0.25) is 4.79 Å². The third-order valence-electron chi connectivity index (χ3n) is 4.60. The molecule has 0 saturated carbocycles. The summed E-state index contributed by atoms with van der Waals surface area (Å²) in [4.78, 5) is 22.5. The number of aromatic nitrogens is 2. The highest BCUT2D eigenvalue weighted by Crippen LogP contribution is 2.32. The SMILES string of the molecule is Cc1sc2nc(C(c3ccccc3)c3ccccc3)[nH]c(=O)c2c1C. The minimum Gasteiger partial charge on any atom is -0.309 e. The Hall–Kier alpha value is -2.72. The first-order chi connectivity index (χ1) is 12.1. The van der Waals surface area contributed by atoms with Crippen LogP contribution in [0.1, 0.15) is 33.3 Å². The number of hydrogen-bond acceptors (Lipinski definition) is 3. The van der Waals surface area contributed by atoms with E-state index in [4.69, 9.17) is 4.98 Å². The van der Waals surface area contributed by atoms with E-state index in [1.807, 2.05) is 50.2 Å². The zero-order chi connectivity index (χ0) is 17.4. The minimum absolute atomic E-state index is 0.0567. The molecule has 3 nitrogen and oxygen atoms in total. The molecule has 0 aliphatic carbocycles. The van der Waals surface area contributed by atoms with Crippen molar-refractivity contribution in [3.05, 3.63) is 98.4 Å². The van der Waals surface area contributed by atoms with Crippen LogP contribution in [-0.4, -0.2) is 9.97 Å². The highest BCUT2D eigenvalue weighted by molar-refractivity contribution is 7.18. The van der Waals surface area contributed by atoms with E-state index >= 15 is 0 Å². The second kappa shape index (κ2) is 6.30. The Morgan fingerprint density at radius 3 is 2.04 bits per heavy atom. The van der Waals surface area contributed by atoms with Crippen LogP contribution >= 0.6 is 11.3 Å². The Morgan fingerprint density at radius 2 is 1.48 bits per heavy atom. The van der Waals surface area contributed by atoms with Crippen LogP contribution in [0.2, 0.25) is 0 Å². The van der Waals surface area contributed by atoms with Crippen molar-refractivity contribution in [1.29, 1.82) is 0 Å². The Morgan fingerprint density at radius 1 is 0.920 bits per heavy atom. The predicted octanol–water partition coefficient (Wildman–Crippen LogP) is 4.78. The van der Waals surface area contributed by atoms with E-state index in [1.54, 1.807) is 11.3 Å². The van der Waals surface area contributed by atoms with Crippen molar-refractivity contribution < 1.29 is 0 Å². The molecule has 2 aromatic heterocycles. The molecule has 4 heteroatoms. The van der Waals surface area contributed by atoms with Gasteiger partial charge in [0.1, 0.15) is 10.7 Å². The number of nitrogens with zero attached hydrogens (tertiary/aromatic N) is 1. The van der Waals surface area contributed by atoms with Gasteiger partial charge in [-0.2, -0.15) is 0 Å². The normalized spacial score (nSPS) is 11.3. The molecule has 2 aromatic carbocycles. The van der Waals surface area contributed by atoms with E-state index < -0.39 is 0 Å². The van der Waals surface area contributed by atoms with Gasteiger partial charge in [0.25, 0.3) is 5.56 Å². The molecule has 1 N–H and O–H groups in total. The largest absolute Gasteiger partial charge is 0.309 e. The van der Waals surface area contributed by atoms with Gasteiger partial charge in [0.15, 0.2) is 0 Å². The number of fused-ring (bicyclic) bond motifs is 1. The fourth-order valence-corrected chi connectivity index (χ4v) is 4.24. The fraction of sp³-hybridized carbons (Fsp3) is 0.143. The summed E-state index contributed by atoms with van der Waals surface area (Å²) in [7, 11) is 0. The molecule has 0 amide bonds. The van der Waals surface area contributed by atoms with E-state index in [-0.39, 0.29) is 11.5 Å². The minimum atomic E-state index is -0.0952. The number of nitrogens with one attached hydrogen (secondary N) is 1. The molecule has 0 unspecified atom stereocenters. The predicted molar refractivity (Wildman–Crippen MR) is 104 cm³/mol. The quantitative estimate of drug-likeness (QED) is 0.580. The lowest BCUT2D eigenvalue weighted by Crippen LogP contribution is -2.16. The maximum absolute atomic E-state index is 12.7. The van der Waals surface area contributed by atoms with Crippen LogP contribution in [0.3, 0.4) is 0 Å². The zero-order valence-electron chi connectivity index (χ0n) is 14.1. The molecule has 0 atom stereocenters. The molecule has 0 aliphatic heterocycles. The number of benzene rings is 2. The summed E-state index contributed by atoms with van der Waals surface area (Å²) in [6.07, 6.45) is 0. The lowest BCUT2D eigenvalue weighted by Gasteiger charge is -2.17. The number of thiophene rings is 1. The molecular weight excluding hydrogens is 328 g/mol. The summed E-state index contributed by atoms with van der Waals surface area (Å²) in [5, 5.41) is 0.714. The summed E-state index contributed by atoms with van der Waals surface area (Å²) in [5.74, 6) is 0.596.